The monoisotopic (exact) mass is 403 g/mol. The molecule has 0 radical (unpaired) electrons. The first-order valence-corrected chi connectivity index (χ1v) is 10.3. The second kappa shape index (κ2) is 10.6. The third-order valence-electron chi connectivity index (χ3n) is 5.17. The van der Waals surface area contributed by atoms with Gasteiger partial charge < -0.3 is 10.1 Å². The van der Waals surface area contributed by atoms with E-state index in [-0.39, 0.29) is 18.0 Å². The second-order valence-electron chi connectivity index (χ2n) is 7.34. The molecule has 0 bridgehead atoms. The molecule has 0 saturated carbocycles. The summed E-state index contributed by atoms with van der Waals surface area (Å²) in [5, 5.41) is 3.16. The van der Waals surface area contributed by atoms with Crippen molar-refractivity contribution in [2.24, 2.45) is 0 Å². The maximum atomic E-state index is 13.1. The number of aromatic nitrogens is 1. The number of pyridine rings is 1. The van der Waals surface area contributed by atoms with Gasteiger partial charge in [-0.1, -0.05) is 55.5 Å². The van der Waals surface area contributed by atoms with Crippen LogP contribution in [0.15, 0.2) is 79.1 Å². The van der Waals surface area contributed by atoms with Gasteiger partial charge >= 0.3 is 0 Å². The zero-order chi connectivity index (χ0) is 21.3. The van der Waals surface area contributed by atoms with E-state index in [1.807, 2.05) is 85.6 Å². The molecule has 5 nitrogen and oxygen atoms in total. The van der Waals surface area contributed by atoms with Crippen molar-refractivity contribution in [1.29, 1.82) is 0 Å². The molecule has 2 unspecified atom stereocenters. The number of hydrogen-bond donors (Lipinski definition) is 1. The Bertz CT molecular complexity index is 914. The largest absolute Gasteiger partial charge is 0.489 e. The number of likely N-dealkylation sites (N-methyl/N-ethyl adjacent to an activating group) is 1. The van der Waals surface area contributed by atoms with Crippen molar-refractivity contribution in [1.82, 2.24) is 15.2 Å². The summed E-state index contributed by atoms with van der Waals surface area (Å²) >= 11 is 0. The van der Waals surface area contributed by atoms with E-state index in [1.165, 1.54) is 0 Å². The fraction of sp³-hybridized carbons (Fsp3) is 0.280. The van der Waals surface area contributed by atoms with Gasteiger partial charge in [-0.3, -0.25) is 14.7 Å². The van der Waals surface area contributed by atoms with Crippen molar-refractivity contribution in [3.63, 3.8) is 0 Å². The first kappa shape index (κ1) is 21.5. The van der Waals surface area contributed by atoms with E-state index < -0.39 is 0 Å². The van der Waals surface area contributed by atoms with E-state index in [9.17, 15) is 4.79 Å². The fourth-order valence-electron chi connectivity index (χ4n) is 3.30. The molecule has 2 atom stereocenters. The maximum absolute atomic E-state index is 13.1. The van der Waals surface area contributed by atoms with Crippen molar-refractivity contribution in [2.45, 2.75) is 32.5 Å². The van der Waals surface area contributed by atoms with E-state index in [0.717, 1.165) is 29.0 Å². The van der Waals surface area contributed by atoms with Crippen LogP contribution >= 0.6 is 0 Å². The topological polar surface area (TPSA) is 54.5 Å². The number of nitrogens with zero attached hydrogens (tertiary/aromatic N) is 2. The summed E-state index contributed by atoms with van der Waals surface area (Å²) in [6.45, 7) is 5.31. The molecular weight excluding hydrogens is 374 g/mol. The molecule has 3 aromatic rings. The van der Waals surface area contributed by atoms with Crippen LogP contribution in [0.5, 0.6) is 5.75 Å². The van der Waals surface area contributed by atoms with Crippen LogP contribution in [0.3, 0.4) is 0 Å². The maximum Gasteiger partial charge on any atom is 0.242 e. The lowest BCUT2D eigenvalue weighted by Gasteiger charge is -2.28. The van der Waals surface area contributed by atoms with E-state index in [1.54, 1.807) is 12.4 Å². The van der Waals surface area contributed by atoms with Gasteiger partial charge in [0.15, 0.2) is 0 Å². The third-order valence-corrected chi connectivity index (χ3v) is 5.17. The average molecular weight is 404 g/mol. The van der Waals surface area contributed by atoms with Gasteiger partial charge in [-0.15, -0.1) is 0 Å². The predicted molar refractivity (Wildman–Crippen MR) is 119 cm³/mol. The molecule has 2 aromatic carbocycles. The van der Waals surface area contributed by atoms with Crippen molar-refractivity contribution < 1.29 is 9.53 Å². The lowest BCUT2D eigenvalue weighted by atomic mass is 10.0. The highest BCUT2D eigenvalue weighted by molar-refractivity contribution is 5.83. The Morgan fingerprint density at radius 3 is 2.40 bits per heavy atom. The quantitative estimate of drug-likeness (QED) is 0.570. The molecule has 0 aliphatic heterocycles. The Morgan fingerprint density at radius 2 is 1.77 bits per heavy atom. The molecule has 1 aromatic heterocycles. The predicted octanol–water partition coefficient (Wildman–Crippen LogP) is 4.53. The summed E-state index contributed by atoms with van der Waals surface area (Å²) in [5.74, 6) is 0.781. The Balaban J connectivity index is 1.62. The van der Waals surface area contributed by atoms with Gasteiger partial charge in [0.05, 0.1) is 6.04 Å². The number of benzene rings is 2. The Morgan fingerprint density at radius 1 is 1.03 bits per heavy atom. The van der Waals surface area contributed by atoms with E-state index >= 15 is 0 Å². The number of amides is 1. The molecule has 0 saturated heterocycles. The van der Waals surface area contributed by atoms with Crippen LogP contribution in [0.25, 0.3) is 0 Å². The molecular formula is C25H29N3O2. The van der Waals surface area contributed by atoms with Crippen LogP contribution in [0.4, 0.5) is 0 Å². The summed E-state index contributed by atoms with van der Waals surface area (Å²) in [7, 11) is 1.97. The highest BCUT2D eigenvalue weighted by atomic mass is 16.5. The van der Waals surface area contributed by atoms with Gasteiger partial charge in [0.25, 0.3) is 0 Å². The molecule has 0 aliphatic carbocycles. The zero-order valence-corrected chi connectivity index (χ0v) is 17.8. The van der Waals surface area contributed by atoms with Crippen LogP contribution in [-0.2, 0) is 11.4 Å². The number of carbonyl (C=O) groups is 1. The fourth-order valence-corrected chi connectivity index (χ4v) is 3.30. The Hall–Kier alpha value is -3.18. The SMILES string of the molecule is CCN(C)C(C(=O)NC(C)c1ccc(OCc2cccnc2)cc1)c1ccccc1. The molecule has 0 fully saturated rings. The average Bonchev–Trinajstić information content (AvgIpc) is 2.79. The van der Waals surface area contributed by atoms with Crippen molar-refractivity contribution in [2.75, 3.05) is 13.6 Å². The van der Waals surface area contributed by atoms with Crippen LogP contribution in [0.2, 0.25) is 0 Å². The van der Waals surface area contributed by atoms with Crippen LogP contribution in [0.1, 0.15) is 42.6 Å². The number of hydrogen-bond acceptors (Lipinski definition) is 4. The van der Waals surface area contributed by atoms with Crippen molar-refractivity contribution in [3.05, 3.63) is 95.8 Å². The van der Waals surface area contributed by atoms with Gasteiger partial charge in [0.2, 0.25) is 5.91 Å². The van der Waals surface area contributed by atoms with Gasteiger partial charge in [0.1, 0.15) is 18.4 Å². The Labute approximate surface area is 178 Å². The Kier molecular flexibility index (Phi) is 7.57. The normalized spacial score (nSPS) is 12.9. The second-order valence-corrected chi connectivity index (χ2v) is 7.34. The standard InChI is InChI=1S/C25H29N3O2/c1-4-28(3)24(22-10-6-5-7-11-22)25(29)27-19(2)21-12-14-23(15-13-21)30-18-20-9-8-16-26-17-20/h5-17,19,24H,4,18H2,1-3H3,(H,27,29). The van der Waals surface area contributed by atoms with Gasteiger partial charge in [-0.25, -0.2) is 0 Å². The minimum Gasteiger partial charge on any atom is -0.489 e. The van der Waals surface area contributed by atoms with Crippen molar-refractivity contribution in [3.8, 4) is 5.75 Å². The highest BCUT2D eigenvalue weighted by Crippen LogP contribution is 2.23. The minimum absolute atomic E-state index is 0.00467. The molecule has 5 heteroatoms. The molecule has 0 spiro atoms. The highest BCUT2D eigenvalue weighted by Gasteiger charge is 2.25. The first-order valence-electron chi connectivity index (χ1n) is 10.3. The molecule has 1 amide bonds. The first-order chi connectivity index (χ1) is 14.6. The lowest BCUT2D eigenvalue weighted by Crippen LogP contribution is -2.39. The van der Waals surface area contributed by atoms with Crippen molar-refractivity contribution >= 4 is 5.91 Å². The summed E-state index contributed by atoms with van der Waals surface area (Å²) in [6, 6.07) is 21.2. The zero-order valence-electron chi connectivity index (χ0n) is 17.8. The molecule has 3 rings (SSSR count). The van der Waals surface area contributed by atoms with E-state index in [2.05, 4.69) is 17.2 Å². The summed E-state index contributed by atoms with van der Waals surface area (Å²) in [6.07, 6.45) is 3.54. The minimum atomic E-state index is -0.319. The lowest BCUT2D eigenvalue weighted by molar-refractivity contribution is -0.126. The molecule has 1 heterocycles. The number of carbonyl (C=O) groups excluding carboxylic acids is 1. The van der Waals surface area contributed by atoms with Gasteiger partial charge in [-0.2, -0.15) is 0 Å². The third kappa shape index (κ3) is 5.67. The van der Waals surface area contributed by atoms with E-state index in [0.29, 0.717) is 6.61 Å². The summed E-state index contributed by atoms with van der Waals surface area (Å²) in [4.78, 5) is 19.2. The molecule has 1 N–H and O–H groups in total. The van der Waals surface area contributed by atoms with Crippen LogP contribution in [-0.4, -0.2) is 29.4 Å². The molecule has 30 heavy (non-hydrogen) atoms. The number of rotatable bonds is 9. The van der Waals surface area contributed by atoms with Crippen LogP contribution < -0.4 is 10.1 Å². The van der Waals surface area contributed by atoms with Gasteiger partial charge in [-0.05, 0) is 49.8 Å². The smallest absolute Gasteiger partial charge is 0.242 e. The number of ether oxygens (including phenoxy) is 1. The number of nitrogens with one attached hydrogen (secondary N) is 1. The summed E-state index contributed by atoms with van der Waals surface area (Å²) in [5.41, 5.74) is 3.04. The van der Waals surface area contributed by atoms with E-state index in [4.69, 9.17) is 4.74 Å². The van der Waals surface area contributed by atoms with Crippen LogP contribution in [0, 0.1) is 0 Å². The van der Waals surface area contributed by atoms with Gasteiger partial charge in [0, 0.05) is 18.0 Å². The summed E-state index contributed by atoms with van der Waals surface area (Å²) < 4.78 is 5.82. The molecule has 156 valence electrons. The molecule has 0 aliphatic rings.